The molecule has 0 aliphatic carbocycles. The van der Waals surface area contributed by atoms with Crippen molar-refractivity contribution in [3.05, 3.63) is 0 Å². The van der Waals surface area contributed by atoms with Crippen molar-refractivity contribution in [3.63, 3.8) is 0 Å². The Hall–Kier alpha value is -1.28. The average molecular weight is 333 g/mol. The third kappa shape index (κ3) is 2.52. The summed E-state index contributed by atoms with van der Waals surface area (Å²) in [5.41, 5.74) is -2.93. The van der Waals surface area contributed by atoms with Gasteiger partial charge in [0, 0.05) is 39.3 Å². The molecule has 3 fully saturated rings. The van der Waals surface area contributed by atoms with Crippen LogP contribution in [0.25, 0.3) is 0 Å². The zero-order valence-corrected chi connectivity index (χ0v) is 12.9. The molecule has 3 heterocycles. The van der Waals surface area contributed by atoms with E-state index < -0.39 is 35.0 Å². The van der Waals surface area contributed by atoms with Crippen LogP contribution in [0.5, 0.6) is 0 Å². The fraction of sp³-hybridized carbons (Fsp3) is 0.867. The summed E-state index contributed by atoms with van der Waals surface area (Å²) in [5, 5.41) is 9.57. The summed E-state index contributed by atoms with van der Waals surface area (Å²) < 4.78 is 39.0. The summed E-state index contributed by atoms with van der Waals surface area (Å²) in [6.07, 6.45) is -0.101. The first-order chi connectivity index (χ1) is 10.8. The first-order valence-electron chi connectivity index (χ1n) is 7.89. The van der Waals surface area contributed by atoms with E-state index in [4.69, 9.17) is 9.47 Å². The molecule has 1 N–H and O–H groups in total. The molecule has 3 aliphatic rings. The van der Waals surface area contributed by atoms with E-state index in [-0.39, 0.29) is 58.8 Å². The number of piperidine rings is 1. The summed E-state index contributed by atoms with van der Waals surface area (Å²) in [5.74, 6) is -4.65. The zero-order valence-electron chi connectivity index (χ0n) is 12.9. The Morgan fingerprint density at radius 1 is 1.00 bits per heavy atom. The van der Waals surface area contributed by atoms with Crippen LogP contribution in [-0.4, -0.2) is 67.3 Å². The third-order valence-corrected chi connectivity index (χ3v) is 5.52. The number of hydrogen-bond acceptors (Lipinski definition) is 4. The summed E-state index contributed by atoms with van der Waals surface area (Å²) in [6, 6.07) is 0. The predicted octanol–water partition coefficient (Wildman–Crippen LogP) is 1.14. The minimum absolute atomic E-state index is 0.0809. The number of halogens is 2. The number of carboxylic acids is 1. The first kappa shape index (κ1) is 16.6. The van der Waals surface area contributed by atoms with Gasteiger partial charge in [-0.25, -0.2) is 8.78 Å². The SMILES string of the molecule is O=C(O)C1(C(=O)N2CCC(F)(F)C3(CCOC3)C2)CCOCC1. The van der Waals surface area contributed by atoms with E-state index in [0.29, 0.717) is 0 Å². The van der Waals surface area contributed by atoms with Crippen molar-refractivity contribution >= 4 is 11.9 Å². The summed E-state index contributed by atoms with van der Waals surface area (Å²) >= 11 is 0. The van der Waals surface area contributed by atoms with Crippen molar-refractivity contribution in [3.8, 4) is 0 Å². The highest BCUT2D eigenvalue weighted by molar-refractivity contribution is 6.02. The number of carboxylic acid groups (broad SMARTS) is 1. The predicted molar refractivity (Wildman–Crippen MR) is 74.1 cm³/mol. The van der Waals surface area contributed by atoms with Gasteiger partial charge in [0.2, 0.25) is 5.91 Å². The van der Waals surface area contributed by atoms with Gasteiger partial charge in [0.05, 0.1) is 12.0 Å². The van der Waals surface area contributed by atoms with Crippen LogP contribution in [0, 0.1) is 10.8 Å². The number of amides is 1. The minimum atomic E-state index is -2.90. The van der Waals surface area contributed by atoms with Gasteiger partial charge in [-0.15, -0.1) is 0 Å². The van der Waals surface area contributed by atoms with E-state index in [1.807, 2.05) is 0 Å². The molecule has 0 radical (unpaired) electrons. The molecule has 1 spiro atoms. The molecule has 0 aromatic carbocycles. The first-order valence-corrected chi connectivity index (χ1v) is 7.89. The number of rotatable bonds is 2. The standard InChI is InChI=1S/C15H21F2NO5/c16-15(17)1-5-18(9-13(15)2-6-23-10-13)11(19)14(12(20)21)3-7-22-8-4-14/h1-10H2,(H,20,21). The molecule has 3 saturated heterocycles. The molecule has 0 aromatic rings. The Labute approximate surface area is 132 Å². The van der Waals surface area contributed by atoms with Gasteiger partial charge in [0.15, 0.2) is 5.41 Å². The van der Waals surface area contributed by atoms with E-state index in [0.717, 1.165) is 0 Å². The fourth-order valence-corrected chi connectivity index (χ4v) is 3.84. The molecular formula is C15H21F2NO5. The molecular weight excluding hydrogens is 312 g/mol. The van der Waals surface area contributed by atoms with E-state index in [1.165, 1.54) is 4.90 Å². The van der Waals surface area contributed by atoms with Crippen molar-refractivity contribution in [2.24, 2.45) is 10.8 Å². The molecule has 0 bridgehead atoms. The maximum atomic E-state index is 14.3. The highest BCUT2D eigenvalue weighted by Gasteiger charge is 2.61. The second kappa shape index (κ2) is 5.66. The number of carbonyl (C=O) groups excluding carboxylic acids is 1. The normalized spacial score (nSPS) is 32.9. The molecule has 6 nitrogen and oxygen atoms in total. The Kier molecular flexibility index (Phi) is 4.08. The van der Waals surface area contributed by atoms with Crippen LogP contribution < -0.4 is 0 Å². The van der Waals surface area contributed by atoms with Gasteiger partial charge in [-0.2, -0.15) is 0 Å². The third-order valence-electron chi connectivity index (χ3n) is 5.52. The Morgan fingerprint density at radius 3 is 2.22 bits per heavy atom. The van der Waals surface area contributed by atoms with Crippen molar-refractivity contribution in [2.45, 2.75) is 31.6 Å². The van der Waals surface area contributed by atoms with Crippen LogP contribution >= 0.6 is 0 Å². The summed E-state index contributed by atoms with van der Waals surface area (Å²) in [6.45, 7) is 0.271. The summed E-state index contributed by atoms with van der Waals surface area (Å²) in [4.78, 5) is 25.9. The monoisotopic (exact) mass is 333 g/mol. The highest BCUT2D eigenvalue weighted by Crippen LogP contribution is 2.49. The number of nitrogens with zero attached hydrogens (tertiary/aromatic N) is 1. The van der Waals surface area contributed by atoms with Crippen molar-refractivity contribution < 1.29 is 33.0 Å². The minimum Gasteiger partial charge on any atom is -0.480 e. The largest absolute Gasteiger partial charge is 0.480 e. The van der Waals surface area contributed by atoms with Crippen LogP contribution in [0.1, 0.15) is 25.7 Å². The van der Waals surface area contributed by atoms with Gasteiger partial charge in [-0.3, -0.25) is 9.59 Å². The number of ether oxygens (including phenoxy) is 2. The number of alkyl halides is 2. The van der Waals surface area contributed by atoms with Crippen LogP contribution in [0.15, 0.2) is 0 Å². The van der Waals surface area contributed by atoms with Gasteiger partial charge in [0.1, 0.15) is 0 Å². The average Bonchev–Trinajstić information content (AvgIpc) is 3.00. The number of likely N-dealkylation sites (tertiary alicyclic amines) is 1. The molecule has 1 atom stereocenters. The van der Waals surface area contributed by atoms with E-state index >= 15 is 0 Å². The molecule has 0 saturated carbocycles. The number of aliphatic carboxylic acids is 1. The maximum absolute atomic E-state index is 14.3. The lowest BCUT2D eigenvalue weighted by atomic mass is 9.73. The number of hydrogen-bond donors (Lipinski definition) is 1. The highest BCUT2D eigenvalue weighted by atomic mass is 19.3. The Balaban J connectivity index is 1.83. The second-order valence-electron chi connectivity index (χ2n) is 6.76. The van der Waals surface area contributed by atoms with Crippen molar-refractivity contribution in [2.75, 3.05) is 39.5 Å². The lowest BCUT2D eigenvalue weighted by Crippen LogP contribution is -2.61. The van der Waals surface area contributed by atoms with Gasteiger partial charge in [0.25, 0.3) is 5.92 Å². The smallest absolute Gasteiger partial charge is 0.319 e. The van der Waals surface area contributed by atoms with E-state index in [9.17, 15) is 23.5 Å². The quantitative estimate of drug-likeness (QED) is 0.767. The Morgan fingerprint density at radius 2 is 1.65 bits per heavy atom. The molecule has 8 heteroatoms. The topological polar surface area (TPSA) is 76.1 Å². The summed E-state index contributed by atoms with van der Waals surface area (Å²) in [7, 11) is 0. The van der Waals surface area contributed by atoms with Crippen molar-refractivity contribution in [1.82, 2.24) is 4.90 Å². The zero-order chi connectivity index (χ0) is 16.7. The van der Waals surface area contributed by atoms with Gasteiger partial charge in [-0.1, -0.05) is 0 Å². The van der Waals surface area contributed by atoms with Crippen molar-refractivity contribution in [1.29, 1.82) is 0 Å². The molecule has 3 aliphatic heterocycles. The lowest BCUT2D eigenvalue weighted by molar-refractivity contribution is -0.187. The van der Waals surface area contributed by atoms with E-state index in [1.54, 1.807) is 0 Å². The van der Waals surface area contributed by atoms with Gasteiger partial charge < -0.3 is 19.5 Å². The molecule has 1 unspecified atom stereocenters. The molecule has 1 amide bonds. The maximum Gasteiger partial charge on any atom is 0.319 e. The fourth-order valence-electron chi connectivity index (χ4n) is 3.84. The Bertz CT molecular complexity index is 498. The molecule has 130 valence electrons. The molecule has 0 aromatic heterocycles. The van der Waals surface area contributed by atoms with Crippen LogP contribution in [0.2, 0.25) is 0 Å². The van der Waals surface area contributed by atoms with Gasteiger partial charge in [-0.05, 0) is 19.3 Å². The number of carbonyl (C=O) groups is 2. The van der Waals surface area contributed by atoms with Crippen LogP contribution in [-0.2, 0) is 19.1 Å². The molecule has 3 rings (SSSR count). The molecule has 23 heavy (non-hydrogen) atoms. The van der Waals surface area contributed by atoms with Crippen LogP contribution in [0.4, 0.5) is 8.78 Å². The lowest BCUT2D eigenvalue weighted by Gasteiger charge is -2.47. The van der Waals surface area contributed by atoms with E-state index in [2.05, 4.69) is 0 Å². The second-order valence-corrected chi connectivity index (χ2v) is 6.76. The van der Waals surface area contributed by atoms with Crippen LogP contribution in [0.3, 0.4) is 0 Å². The van der Waals surface area contributed by atoms with Gasteiger partial charge >= 0.3 is 5.97 Å².